The van der Waals surface area contributed by atoms with Crippen molar-refractivity contribution >= 4 is 40.2 Å². The molecular formula is C26H17BN2. The Kier molecular flexibility index (Phi) is 2.85. The third kappa shape index (κ3) is 1.87. The molecule has 3 heteroatoms. The topological polar surface area (TPSA) is 8.17 Å². The Morgan fingerprint density at radius 1 is 0.552 bits per heavy atom. The van der Waals surface area contributed by atoms with E-state index in [0.29, 0.717) is 0 Å². The number of para-hydroxylation sites is 4. The van der Waals surface area contributed by atoms with E-state index in [1.165, 1.54) is 50.1 Å². The molecular weight excluding hydrogens is 351 g/mol. The van der Waals surface area contributed by atoms with E-state index in [2.05, 4.69) is 113 Å². The molecule has 7 rings (SSSR count). The number of anilines is 2. The Hall–Kier alpha value is -3.72. The van der Waals surface area contributed by atoms with Gasteiger partial charge in [0, 0.05) is 16.8 Å². The van der Waals surface area contributed by atoms with Gasteiger partial charge in [0.15, 0.2) is 0 Å². The molecule has 1 aromatic heterocycles. The predicted octanol–water partition coefficient (Wildman–Crippen LogP) is 4.87. The van der Waals surface area contributed by atoms with Crippen LogP contribution in [-0.4, -0.2) is 11.4 Å². The molecule has 0 unspecified atom stereocenters. The SMILES string of the molecule is c1ccc2c(c1)B1c3cc4ccccc4n3-c3ccccc3N1c1ccccc1-2. The van der Waals surface area contributed by atoms with Crippen LogP contribution in [0.1, 0.15) is 0 Å². The number of aromatic nitrogens is 1. The normalized spacial score (nSPS) is 13.4. The minimum atomic E-state index is 0.156. The summed E-state index contributed by atoms with van der Waals surface area (Å²) in [6, 6.07) is 37.5. The van der Waals surface area contributed by atoms with Crippen LogP contribution in [-0.2, 0) is 0 Å². The molecule has 5 aromatic rings. The van der Waals surface area contributed by atoms with E-state index in [1.54, 1.807) is 0 Å². The summed E-state index contributed by atoms with van der Waals surface area (Å²) in [6.45, 7) is 0.156. The number of fused-ring (bicyclic) bond motifs is 13. The van der Waals surface area contributed by atoms with Gasteiger partial charge in [-0.2, -0.15) is 0 Å². The van der Waals surface area contributed by atoms with Gasteiger partial charge in [0.2, 0.25) is 0 Å². The van der Waals surface area contributed by atoms with Gasteiger partial charge in [-0.1, -0.05) is 72.8 Å². The highest BCUT2D eigenvalue weighted by atomic mass is 15.2. The largest absolute Gasteiger partial charge is 0.374 e. The second kappa shape index (κ2) is 5.42. The molecule has 2 aliphatic heterocycles. The maximum absolute atomic E-state index is 2.53. The van der Waals surface area contributed by atoms with Crippen molar-refractivity contribution in [3.05, 3.63) is 103 Å². The molecule has 29 heavy (non-hydrogen) atoms. The summed E-state index contributed by atoms with van der Waals surface area (Å²) in [7, 11) is 0. The van der Waals surface area contributed by atoms with Gasteiger partial charge in [0.1, 0.15) is 0 Å². The second-order valence-corrected chi connectivity index (χ2v) is 7.83. The lowest BCUT2D eigenvalue weighted by Crippen LogP contribution is -2.61. The second-order valence-electron chi connectivity index (χ2n) is 7.83. The Balaban J connectivity index is 1.67. The predicted molar refractivity (Wildman–Crippen MR) is 122 cm³/mol. The fraction of sp³-hybridized carbons (Fsp3) is 0. The fourth-order valence-corrected chi connectivity index (χ4v) is 5.23. The van der Waals surface area contributed by atoms with Crippen molar-refractivity contribution in [2.75, 3.05) is 4.81 Å². The van der Waals surface area contributed by atoms with Crippen molar-refractivity contribution in [1.29, 1.82) is 0 Å². The number of rotatable bonds is 0. The third-order valence-electron chi connectivity index (χ3n) is 6.37. The lowest BCUT2D eigenvalue weighted by Gasteiger charge is -2.43. The first-order chi connectivity index (χ1) is 14.4. The first-order valence-corrected chi connectivity index (χ1v) is 10.1. The van der Waals surface area contributed by atoms with Crippen LogP contribution in [0, 0.1) is 0 Å². The van der Waals surface area contributed by atoms with Gasteiger partial charge in [-0.05, 0) is 46.7 Å². The van der Waals surface area contributed by atoms with Crippen LogP contribution >= 0.6 is 0 Å². The van der Waals surface area contributed by atoms with Crippen molar-refractivity contribution in [1.82, 2.24) is 4.57 Å². The van der Waals surface area contributed by atoms with E-state index in [1.807, 2.05) is 0 Å². The van der Waals surface area contributed by atoms with E-state index in [-0.39, 0.29) is 6.85 Å². The molecule has 0 spiro atoms. The first kappa shape index (κ1) is 15.2. The molecule has 0 N–H and O–H groups in total. The third-order valence-corrected chi connectivity index (χ3v) is 6.37. The fourth-order valence-electron chi connectivity index (χ4n) is 5.23. The summed E-state index contributed by atoms with van der Waals surface area (Å²) < 4.78 is 2.45. The zero-order valence-electron chi connectivity index (χ0n) is 15.8. The highest BCUT2D eigenvalue weighted by molar-refractivity contribution is 6.91. The Bertz CT molecular complexity index is 1430. The summed E-state index contributed by atoms with van der Waals surface area (Å²) in [4.78, 5) is 2.53. The van der Waals surface area contributed by atoms with Crippen LogP contribution in [0.5, 0.6) is 0 Å². The van der Waals surface area contributed by atoms with Gasteiger partial charge >= 0.3 is 6.85 Å². The first-order valence-electron chi connectivity index (χ1n) is 10.1. The Labute approximate surface area is 169 Å². The Morgan fingerprint density at radius 3 is 2.10 bits per heavy atom. The number of hydrogen-bond donors (Lipinski definition) is 0. The summed E-state index contributed by atoms with van der Waals surface area (Å²) in [6.07, 6.45) is 0. The molecule has 3 heterocycles. The van der Waals surface area contributed by atoms with E-state index in [9.17, 15) is 0 Å². The number of nitrogens with zero attached hydrogens (tertiary/aromatic N) is 2. The van der Waals surface area contributed by atoms with E-state index in [4.69, 9.17) is 0 Å². The molecule has 134 valence electrons. The molecule has 0 aliphatic carbocycles. The quantitative estimate of drug-likeness (QED) is 0.354. The van der Waals surface area contributed by atoms with Gasteiger partial charge in [0.25, 0.3) is 0 Å². The molecule has 0 saturated carbocycles. The highest BCUT2D eigenvalue weighted by Gasteiger charge is 2.42. The molecule has 0 fully saturated rings. The number of hydrogen-bond acceptors (Lipinski definition) is 1. The van der Waals surface area contributed by atoms with Crippen molar-refractivity contribution in [3.63, 3.8) is 0 Å². The summed E-state index contributed by atoms with van der Waals surface area (Å²) in [5, 5.41) is 1.29. The smallest absolute Gasteiger partial charge is 0.346 e. The average molecular weight is 368 g/mol. The van der Waals surface area contributed by atoms with Crippen LogP contribution in [0.15, 0.2) is 103 Å². The standard InChI is InChI=1S/C26H17BN2/c1-5-13-22-18(9-1)17-26-27-21-12-4-2-10-19(21)20-11-3-6-14-23(20)29(27)25-16-8-7-15-24(25)28(22)26/h1-17H. The lowest BCUT2D eigenvalue weighted by molar-refractivity contribution is 1.12. The minimum Gasteiger partial charge on any atom is -0.374 e. The summed E-state index contributed by atoms with van der Waals surface area (Å²) in [5.74, 6) is 0. The van der Waals surface area contributed by atoms with Crippen molar-refractivity contribution in [2.24, 2.45) is 0 Å². The zero-order valence-corrected chi connectivity index (χ0v) is 15.8. The Morgan fingerprint density at radius 2 is 1.21 bits per heavy atom. The molecule has 0 radical (unpaired) electrons. The molecule has 2 aliphatic rings. The maximum Gasteiger partial charge on any atom is 0.346 e. The van der Waals surface area contributed by atoms with Crippen LogP contribution in [0.4, 0.5) is 11.4 Å². The average Bonchev–Trinajstić information content (AvgIpc) is 3.18. The van der Waals surface area contributed by atoms with Gasteiger partial charge in [-0.3, -0.25) is 0 Å². The molecule has 0 amide bonds. The van der Waals surface area contributed by atoms with E-state index < -0.39 is 0 Å². The van der Waals surface area contributed by atoms with Gasteiger partial charge in [-0.15, -0.1) is 0 Å². The van der Waals surface area contributed by atoms with Crippen LogP contribution in [0.3, 0.4) is 0 Å². The van der Waals surface area contributed by atoms with E-state index in [0.717, 1.165) is 0 Å². The molecule has 0 bridgehead atoms. The lowest BCUT2D eigenvalue weighted by atomic mass is 9.47. The van der Waals surface area contributed by atoms with Gasteiger partial charge < -0.3 is 9.38 Å². The zero-order chi connectivity index (χ0) is 18.9. The summed E-state index contributed by atoms with van der Waals surface area (Å²) in [5.41, 5.74) is 10.4. The van der Waals surface area contributed by atoms with Crippen molar-refractivity contribution in [3.8, 4) is 16.8 Å². The monoisotopic (exact) mass is 368 g/mol. The number of benzene rings is 4. The van der Waals surface area contributed by atoms with Gasteiger partial charge in [-0.25, -0.2) is 0 Å². The highest BCUT2D eigenvalue weighted by Crippen LogP contribution is 2.43. The summed E-state index contributed by atoms with van der Waals surface area (Å²) >= 11 is 0. The van der Waals surface area contributed by atoms with Crippen molar-refractivity contribution in [2.45, 2.75) is 0 Å². The van der Waals surface area contributed by atoms with Crippen LogP contribution in [0.2, 0.25) is 0 Å². The molecule has 0 atom stereocenters. The van der Waals surface area contributed by atoms with Crippen LogP contribution in [0.25, 0.3) is 27.7 Å². The molecule has 0 saturated heterocycles. The van der Waals surface area contributed by atoms with Crippen molar-refractivity contribution < 1.29 is 0 Å². The molecule has 4 aromatic carbocycles. The van der Waals surface area contributed by atoms with Crippen LogP contribution < -0.4 is 15.9 Å². The van der Waals surface area contributed by atoms with Gasteiger partial charge in [0.05, 0.1) is 16.9 Å². The maximum atomic E-state index is 2.53. The minimum absolute atomic E-state index is 0.156. The van der Waals surface area contributed by atoms with E-state index >= 15 is 0 Å². The molecule has 2 nitrogen and oxygen atoms in total.